The van der Waals surface area contributed by atoms with E-state index in [1.165, 1.54) is 4.90 Å². The predicted octanol–water partition coefficient (Wildman–Crippen LogP) is 1.97. The molecule has 0 saturated heterocycles. The molecule has 4 nitrogen and oxygen atoms in total. The van der Waals surface area contributed by atoms with Gasteiger partial charge in [0.05, 0.1) is 6.54 Å². The number of nitrogens with one attached hydrogen (secondary N) is 1. The maximum Gasteiger partial charge on any atom is 0.254 e. The van der Waals surface area contributed by atoms with Crippen LogP contribution in [0.3, 0.4) is 0 Å². The molecule has 0 saturated carbocycles. The van der Waals surface area contributed by atoms with Gasteiger partial charge in [0.2, 0.25) is 5.91 Å². The van der Waals surface area contributed by atoms with Crippen LogP contribution >= 0.6 is 15.9 Å². The summed E-state index contributed by atoms with van der Waals surface area (Å²) in [4.78, 5) is 24.9. The number of halogens is 1. The maximum absolute atomic E-state index is 12.1. The van der Waals surface area contributed by atoms with Gasteiger partial charge < -0.3 is 10.2 Å². The third kappa shape index (κ3) is 4.14. The van der Waals surface area contributed by atoms with E-state index in [1.807, 2.05) is 19.9 Å². The number of hydrogen-bond donors (Lipinski definition) is 1. The fraction of sp³-hybridized carbons (Fsp3) is 0.385. The summed E-state index contributed by atoms with van der Waals surface area (Å²) >= 11 is 3.36. The number of aryl methyl sites for hydroxylation is 1. The van der Waals surface area contributed by atoms with E-state index in [9.17, 15) is 9.59 Å². The molecule has 0 atom stereocenters. The molecular formula is C13H17BrN2O2. The van der Waals surface area contributed by atoms with Gasteiger partial charge >= 0.3 is 0 Å². The lowest BCUT2D eigenvalue weighted by Crippen LogP contribution is -2.38. The Morgan fingerprint density at radius 2 is 2.00 bits per heavy atom. The highest BCUT2D eigenvalue weighted by molar-refractivity contribution is 9.10. The highest BCUT2D eigenvalue weighted by atomic mass is 79.9. The molecular weight excluding hydrogens is 296 g/mol. The van der Waals surface area contributed by atoms with Gasteiger partial charge in [0.15, 0.2) is 0 Å². The molecule has 18 heavy (non-hydrogen) atoms. The minimum Gasteiger partial charge on any atom is -0.355 e. The molecule has 0 fully saturated rings. The summed E-state index contributed by atoms with van der Waals surface area (Å²) in [6, 6.07) is 5.49. The average Bonchev–Trinajstić information content (AvgIpc) is 2.26. The summed E-state index contributed by atoms with van der Waals surface area (Å²) in [5.41, 5.74) is 1.58. The molecule has 0 heterocycles. The lowest BCUT2D eigenvalue weighted by molar-refractivity contribution is -0.121. The van der Waals surface area contributed by atoms with Crippen LogP contribution in [0.1, 0.15) is 22.8 Å². The van der Waals surface area contributed by atoms with E-state index in [2.05, 4.69) is 21.2 Å². The minimum atomic E-state index is -0.161. The van der Waals surface area contributed by atoms with Gasteiger partial charge in [0.1, 0.15) is 0 Å². The third-order valence-corrected chi connectivity index (χ3v) is 2.85. The number of carbonyl (C=O) groups excluding carboxylic acids is 2. The molecule has 1 aromatic carbocycles. The number of benzene rings is 1. The predicted molar refractivity (Wildman–Crippen MR) is 74.5 cm³/mol. The largest absolute Gasteiger partial charge is 0.355 e. The molecule has 0 aliphatic carbocycles. The molecule has 0 aromatic heterocycles. The summed E-state index contributed by atoms with van der Waals surface area (Å²) in [5.74, 6) is -0.314. The van der Waals surface area contributed by atoms with Crippen LogP contribution in [0, 0.1) is 6.92 Å². The van der Waals surface area contributed by atoms with Gasteiger partial charge in [-0.3, -0.25) is 9.59 Å². The molecule has 0 radical (unpaired) electrons. The van der Waals surface area contributed by atoms with Gasteiger partial charge in [-0.25, -0.2) is 0 Å². The molecule has 0 spiro atoms. The number of hydrogen-bond acceptors (Lipinski definition) is 2. The Morgan fingerprint density at radius 1 is 1.33 bits per heavy atom. The minimum absolute atomic E-state index is 0.0677. The van der Waals surface area contributed by atoms with Gasteiger partial charge in [-0.1, -0.05) is 15.9 Å². The van der Waals surface area contributed by atoms with Crippen molar-refractivity contribution in [2.24, 2.45) is 0 Å². The molecule has 0 unspecified atom stereocenters. The second-order valence-corrected chi connectivity index (χ2v) is 5.05. The Balaban J connectivity index is 2.77. The van der Waals surface area contributed by atoms with E-state index in [-0.39, 0.29) is 18.4 Å². The Bertz CT molecular complexity index is 440. The molecule has 0 bridgehead atoms. The Labute approximate surface area is 115 Å². The van der Waals surface area contributed by atoms with E-state index in [1.54, 1.807) is 19.2 Å². The van der Waals surface area contributed by atoms with E-state index in [0.717, 1.165) is 10.0 Å². The van der Waals surface area contributed by atoms with Crippen molar-refractivity contribution in [3.05, 3.63) is 33.8 Å². The molecule has 2 amide bonds. The van der Waals surface area contributed by atoms with Gasteiger partial charge in [-0.05, 0) is 37.6 Å². The summed E-state index contributed by atoms with van der Waals surface area (Å²) in [7, 11) is 1.62. The molecule has 0 aliphatic heterocycles. The highest BCUT2D eigenvalue weighted by Crippen LogP contribution is 2.16. The second-order valence-electron chi connectivity index (χ2n) is 4.13. The number of likely N-dealkylation sites (N-methyl/N-ethyl adjacent to an activating group) is 2. The van der Waals surface area contributed by atoms with Gasteiger partial charge in [0.25, 0.3) is 5.91 Å². The summed E-state index contributed by atoms with van der Waals surface area (Å²) in [6.45, 7) is 4.40. The first kappa shape index (κ1) is 14.7. The van der Waals surface area contributed by atoms with Crippen molar-refractivity contribution >= 4 is 27.7 Å². The standard InChI is InChI=1S/C13H17BrN2O2/c1-4-15-12(17)8-16(3)13(18)10-5-9(2)6-11(14)7-10/h5-7H,4,8H2,1-3H3,(H,15,17). The Hall–Kier alpha value is -1.36. The second kappa shape index (κ2) is 6.54. The maximum atomic E-state index is 12.1. The lowest BCUT2D eigenvalue weighted by Gasteiger charge is -2.17. The summed E-state index contributed by atoms with van der Waals surface area (Å²) < 4.78 is 0.859. The average molecular weight is 313 g/mol. The number of carbonyl (C=O) groups is 2. The van der Waals surface area contributed by atoms with Crippen molar-refractivity contribution in [1.29, 1.82) is 0 Å². The number of amides is 2. The lowest BCUT2D eigenvalue weighted by atomic mass is 10.1. The fourth-order valence-electron chi connectivity index (χ4n) is 1.62. The number of nitrogens with zero attached hydrogens (tertiary/aromatic N) is 1. The Kier molecular flexibility index (Phi) is 5.34. The van der Waals surface area contributed by atoms with Crippen molar-refractivity contribution in [1.82, 2.24) is 10.2 Å². The van der Waals surface area contributed by atoms with Gasteiger partial charge in [0, 0.05) is 23.6 Å². The summed E-state index contributed by atoms with van der Waals surface area (Å²) in [5, 5.41) is 2.66. The highest BCUT2D eigenvalue weighted by Gasteiger charge is 2.15. The Morgan fingerprint density at radius 3 is 2.56 bits per heavy atom. The molecule has 1 aromatic rings. The zero-order chi connectivity index (χ0) is 13.7. The van der Waals surface area contributed by atoms with Crippen molar-refractivity contribution in [2.75, 3.05) is 20.1 Å². The smallest absolute Gasteiger partial charge is 0.254 e. The zero-order valence-corrected chi connectivity index (χ0v) is 12.4. The quantitative estimate of drug-likeness (QED) is 0.924. The zero-order valence-electron chi connectivity index (χ0n) is 10.8. The van der Waals surface area contributed by atoms with E-state index >= 15 is 0 Å². The van der Waals surface area contributed by atoms with Gasteiger partial charge in [-0.2, -0.15) is 0 Å². The third-order valence-electron chi connectivity index (χ3n) is 2.39. The first-order valence-corrected chi connectivity index (χ1v) is 6.52. The van der Waals surface area contributed by atoms with Crippen molar-refractivity contribution in [3.63, 3.8) is 0 Å². The molecule has 98 valence electrons. The molecule has 1 rings (SSSR count). The van der Waals surface area contributed by atoms with Crippen LogP contribution in [0.5, 0.6) is 0 Å². The molecule has 5 heteroatoms. The van der Waals surface area contributed by atoms with Gasteiger partial charge in [-0.15, -0.1) is 0 Å². The number of rotatable bonds is 4. The van der Waals surface area contributed by atoms with E-state index in [0.29, 0.717) is 12.1 Å². The fourth-order valence-corrected chi connectivity index (χ4v) is 2.23. The van der Waals surface area contributed by atoms with Crippen LogP contribution in [0.4, 0.5) is 0 Å². The topological polar surface area (TPSA) is 49.4 Å². The van der Waals surface area contributed by atoms with E-state index < -0.39 is 0 Å². The monoisotopic (exact) mass is 312 g/mol. The normalized spacial score (nSPS) is 10.0. The van der Waals surface area contributed by atoms with Crippen LogP contribution in [0.25, 0.3) is 0 Å². The first-order valence-electron chi connectivity index (χ1n) is 5.73. The van der Waals surface area contributed by atoms with Crippen molar-refractivity contribution in [2.45, 2.75) is 13.8 Å². The first-order chi connectivity index (χ1) is 8.43. The van der Waals surface area contributed by atoms with Crippen molar-refractivity contribution in [3.8, 4) is 0 Å². The van der Waals surface area contributed by atoms with Crippen LogP contribution in [-0.2, 0) is 4.79 Å². The van der Waals surface area contributed by atoms with Crippen molar-refractivity contribution < 1.29 is 9.59 Å². The van der Waals surface area contributed by atoms with E-state index in [4.69, 9.17) is 0 Å². The van der Waals surface area contributed by atoms with Crippen LogP contribution in [0.15, 0.2) is 22.7 Å². The molecule has 1 N–H and O–H groups in total. The van der Waals surface area contributed by atoms with Crippen LogP contribution in [0.2, 0.25) is 0 Å². The molecule has 0 aliphatic rings. The van der Waals surface area contributed by atoms with Crippen LogP contribution in [-0.4, -0.2) is 36.9 Å². The SMILES string of the molecule is CCNC(=O)CN(C)C(=O)c1cc(C)cc(Br)c1. The summed E-state index contributed by atoms with van der Waals surface area (Å²) in [6.07, 6.45) is 0. The van der Waals surface area contributed by atoms with Crippen LogP contribution < -0.4 is 5.32 Å².